The Morgan fingerprint density at radius 3 is 2.54 bits per heavy atom. The number of rotatable bonds is 1. The molecule has 0 bridgehead atoms. The minimum Gasteiger partial charge on any atom is -0.370 e. The van der Waals surface area contributed by atoms with Crippen LogP contribution >= 0.6 is 0 Å². The van der Waals surface area contributed by atoms with E-state index < -0.39 is 0 Å². The summed E-state index contributed by atoms with van der Waals surface area (Å²) < 4.78 is 5.90. The number of hydrogen-bond acceptors (Lipinski definition) is 2. The quantitative estimate of drug-likeness (QED) is 0.639. The molecule has 3 saturated carbocycles. The van der Waals surface area contributed by atoms with Crippen LogP contribution in [-0.2, 0) is 9.53 Å². The van der Waals surface area contributed by atoms with Crippen molar-refractivity contribution < 1.29 is 9.53 Å². The van der Waals surface area contributed by atoms with Gasteiger partial charge in [-0.05, 0) is 92.4 Å². The Balaban J connectivity index is 1.47. The van der Waals surface area contributed by atoms with Crippen LogP contribution in [-0.4, -0.2) is 18.0 Å². The van der Waals surface area contributed by atoms with Gasteiger partial charge in [-0.1, -0.05) is 19.4 Å². The van der Waals surface area contributed by atoms with Gasteiger partial charge in [-0.25, -0.2) is 0 Å². The van der Waals surface area contributed by atoms with Crippen molar-refractivity contribution in [1.29, 1.82) is 0 Å². The Hall–Kier alpha value is -0.630. The SMILES string of the molecule is C[C@]12CC[C@@H]3[C@H](CCC4=CC(=O)CC[C@@]43C)[C@@H]1CC[C@@H]2[C@]1(C)CO1. The summed E-state index contributed by atoms with van der Waals surface area (Å²) in [4.78, 5) is 11.9. The molecule has 1 saturated heterocycles. The molecule has 2 nitrogen and oxygen atoms in total. The summed E-state index contributed by atoms with van der Waals surface area (Å²) in [5.74, 6) is 3.73. The second-order valence-electron chi connectivity index (χ2n) is 10.2. The summed E-state index contributed by atoms with van der Waals surface area (Å²) in [7, 11) is 0. The van der Waals surface area contributed by atoms with Crippen LogP contribution in [0, 0.1) is 34.5 Å². The highest BCUT2D eigenvalue weighted by Crippen LogP contribution is 2.69. The average molecular weight is 328 g/mol. The van der Waals surface area contributed by atoms with Gasteiger partial charge in [-0.15, -0.1) is 0 Å². The molecule has 132 valence electrons. The maximum absolute atomic E-state index is 11.9. The van der Waals surface area contributed by atoms with Crippen molar-refractivity contribution in [3.8, 4) is 0 Å². The number of carbonyl (C=O) groups is 1. The lowest BCUT2D eigenvalue weighted by Crippen LogP contribution is -2.51. The summed E-state index contributed by atoms with van der Waals surface area (Å²) >= 11 is 0. The van der Waals surface area contributed by atoms with E-state index in [9.17, 15) is 4.79 Å². The van der Waals surface area contributed by atoms with Crippen LogP contribution in [0.1, 0.15) is 72.1 Å². The summed E-state index contributed by atoms with van der Waals surface area (Å²) in [6.07, 6.45) is 11.9. The molecule has 4 aliphatic carbocycles. The fraction of sp³-hybridized carbons (Fsp3) is 0.864. The molecule has 2 heteroatoms. The van der Waals surface area contributed by atoms with Gasteiger partial charge in [-0.3, -0.25) is 4.79 Å². The van der Waals surface area contributed by atoms with Crippen LogP contribution in [0.4, 0.5) is 0 Å². The number of allylic oxidation sites excluding steroid dienone is 1. The van der Waals surface area contributed by atoms with Crippen molar-refractivity contribution in [1.82, 2.24) is 0 Å². The van der Waals surface area contributed by atoms with Crippen LogP contribution in [0.5, 0.6) is 0 Å². The monoisotopic (exact) mass is 328 g/mol. The molecule has 5 aliphatic rings. The number of hydrogen-bond donors (Lipinski definition) is 0. The minimum atomic E-state index is 0.192. The van der Waals surface area contributed by atoms with Crippen molar-refractivity contribution in [2.75, 3.05) is 6.61 Å². The maximum Gasteiger partial charge on any atom is 0.155 e. The minimum absolute atomic E-state index is 0.192. The molecule has 1 heterocycles. The van der Waals surface area contributed by atoms with E-state index in [4.69, 9.17) is 4.74 Å². The first kappa shape index (κ1) is 15.6. The van der Waals surface area contributed by atoms with Crippen molar-refractivity contribution in [2.24, 2.45) is 34.5 Å². The molecule has 0 amide bonds. The lowest BCUT2D eigenvalue weighted by Gasteiger charge is -2.58. The first-order valence-corrected chi connectivity index (χ1v) is 10.2. The van der Waals surface area contributed by atoms with Crippen molar-refractivity contribution >= 4 is 5.78 Å². The molecular formula is C22H32O2. The summed E-state index contributed by atoms with van der Waals surface area (Å²) in [6, 6.07) is 0. The molecule has 7 atom stereocenters. The molecule has 0 radical (unpaired) electrons. The third kappa shape index (κ3) is 1.90. The van der Waals surface area contributed by atoms with E-state index in [0.29, 0.717) is 16.6 Å². The topological polar surface area (TPSA) is 29.6 Å². The van der Waals surface area contributed by atoms with Gasteiger partial charge >= 0.3 is 0 Å². The van der Waals surface area contributed by atoms with Crippen LogP contribution in [0.2, 0.25) is 0 Å². The van der Waals surface area contributed by atoms with Crippen molar-refractivity contribution in [2.45, 2.75) is 77.7 Å². The smallest absolute Gasteiger partial charge is 0.155 e. The number of carbonyl (C=O) groups excluding carboxylic acids is 1. The molecule has 0 N–H and O–H groups in total. The molecule has 0 spiro atoms. The predicted molar refractivity (Wildman–Crippen MR) is 94.6 cm³/mol. The Labute approximate surface area is 146 Å². The van der Waals surface area contributed by atoms with E-state index in [0.717, 1.165) is 43.1 Å². The molecule has 0 aromatic heterocycles. The molecule has 4 fully saturated rings. The van der Waals surface area contributed by atoms with Gasteiger partial charge in [0.2, 0.25) is 0 Å². The Morgan fingerprint density at radius 2 is 1.79 bits per heavy atom. The van der Waals surface area contributed by atoms with Crippen LogP contribution in [0.25, 0.3) is 0 Å². The van der Waals surface area contributed by atoms with Crippen molar-refractivity contribution in [3.05, 3.63) is 11.6 Å². The van der Waals surface area contributed by atoms with E-state index in [1.165, 1.54) is 44.1 Å². The molecule has 1 aliphatic heterocycles. The van der Waals surface area contributed by atoms with Crippen LogP contribution in [0.3, 0.4) is 0 Å². The van der Waals surface area contributed by atoms with E-state index in [1.54, 1.807) is 0 Å². The number of epoxide rings is 1. The third-order valence-electron chi connectivity index (χ3n) is 9.30. The van der Waals surface area contributed by atoms with Crippen molar-refractivity contribution in [3.63, 3.8) is 0 Å². The average Bonchev–Trinajstić information content (AvgIpc) is 3.17. The zero-order valence-electron chi connectivity index (χ0n) is 15.6. The molecular weight excluding hydrogens is 296 g/mol. The largest absolute Gasteiger partial charge is 0.370 e. The lowest BCUT2D eigenvalue weighted by molar-refractivity contribution is -0.117. The standard InChI is InChI=1S/C22H32O2/c1-20-10-8-15(23)12-14(20)4-5-16-17-6-7-19(22(3)13-24-22)21(17,2)11-9-18(16)20/h12,16-19H,4-11,13H2,1-3H3/t16-,17+,18-,19+,20+,21+,22+/m1/s1. The summed E-state index contributed by atoms with van der Waals surface area (Å²) in [5, 5.41) is 0. The second-order valence-corrected chi connectivity index (χ2v) is 10.2. The first-order valence-electron chi connectivity index (χ1n) is 10.2. The number of ketones is 1. The highest BCUT2D eigenvalue weighted by Gasteiger charge is 2.64. The second kappa shape index (κ2) is 4.75. The van der Waals surface area contributed by atoms with Gasteiger partial charge in [0.15, 0.2) is 5.78 Å². The van der Waals surface area contributed by atoms with Gasteiger partial charge in [-0.2, -0.15) is 0 Å². The van der Waals surface area contributed by atoms with E-state index >= 15 is 0 Å². The predicted octanol–water partition coefficient (Wildman–Crippen LogP) is 4.92. The molecule has 0 aromatic carbocycles. The molecule has 5 rings (SSSR count). The summed E-state index contributed by atoms with van der Waals surface area (Å²) in [6.45, 7) is 8.42. The Kier molecular flexibility index (Phi) is 3.09. The highest BCUT2D eigenvalue weighted by atomic mass is 16.6. The molecule has 0 aromatic rings. The Bertz CT molecular complexity index is 615. The van der Waals surface area contributed by atoms with Crippen LogP contribution < -0.4 is 0 Å². The van der Waals surface area contributed by atoms with Gasteiger partial charge < -0.3 is 4.74 Å². The molecule has 0 unspecified atom stereocenters. The first-order chi connectivity index (χ1) is 11.4. The fourth-order valence-electron chi connectivity index (χ4n) is 7.88. The maximum atomic E-state index is 11.9. The van der Waals surface area contributed by atoms with Gasteiger partial charge in [0.25, 0.3) is 0 Å². The van der Waals surface area contributed by atoms with Gasteiger partial charge in [0.1, 0.15) is 0 Å². The normalized spacial score (nSPS) is 56.1. The van der Waals surface area contributed by atoms with Gasteiger partial charge in [0.05, 0.1) is 12.2 Å². The zero-order valence-corrected chi connectivity index (χ0v) is 15.6. The lowest BCUT2D eigenvalue weighted by atomic mass is 9.46. The van der Waals surface area contributed by atoms with Crippen LogP contribution in [0.15, 0.2) is 11.6 Å². The number of ether oxygens (including phenoxy) is 1. The van der Waals surface area contributed by atoms with E-state index in [-0.39, 0.29) is 5.60 Å². The zero-order chi connectivity index (χ0) is 16.7. The third-order valence-corrected chi connectivity index (χ3v) is 9.30. The van der Waals surface area contributed by atoms with Gasteiger partial charge in [0, 0.05) is 6.42 Å². The highest BCUT2D eigenvalue weighted by molar-refractivity contribution is 5.91. The number of fused-ring (bicyclic) bond motifs is 5. The van der Waals surface area contributed by atoms with E-state index in [1.807, 2.05) is 6.08 Å². The van der Waals surface area contributed by atoms with E-state index in [2.05, 4.69) is 20.8 Å². The molecule has 24 heavy (non-hydrogen) atoms. The fourth-order valence-corrected chi connectivity index (χ4v) is 7.88. The Morgan fingerprint density at radius 1 is 1.00 bits per heavy atom. The summed E-state index contributed by atoms with van der Waals surface area (Å²) in [5.41, 5.74) is 2.50.